The quantitative estimate of drug-likeness (QED) is 0.861. The van der Waals surface area contributed by atoms with Gasteiger partial charge in [-0.3, -0.25) is 0 Å². The summed E-state index contributed by atoms with van der Waals surface area (Å²) in [7, 11) is 0. The molecule has 1 aliphatic heterocycles. The van der Waals surface area contributed by atoms with Crippen molar-refractivity contribution in [3.63, 3.8) is 0 Å². The highest BCUT2D eigenvalue weighted by Gasteiger charge is 2.49. The molecule has 2 rings (SSSR count). The highest BCUT2D eigenvalue weighted by Crippen LogP contribution is 2.50. The van der Waals surface area contributed by atoms with Gasteiger partial charge < -0.3 is 5.11 Å². The molecule has 1 saturated heterocycles. The Balaban J connectivity index is 2.38. The average molecular weight is 297 g/mol. The number of aromatic nitrogens is 1. The highest BCUT2D eigenvalue weighted by molar-refractivity contribution is 7.99. The number of alkyl halides is 3. The van der Waals surface area contributed by atoms with Crippen LogP contribution in [0, 0.1) is 5.41 Å². The molecule has 18 heavy (non-hydrogen) atoms. The molecule has 0 aliphatic carbocycles. The Hall–Kier alpha value is -0.270. The lowest BCUT2D eigenvalue weighted by Gasteiger charge is -2.45. The van der Waals surface area contributed by atoms with Crippen LogP contribution in [0.2, 0.25) is 0 Å². The van der Waals surface area contributed by atoms with E-state index in [0.717, 1.165) is 12.2 Å². The molecule has 7 heteroatoms. The Morgan fingerprint density at radius 1 is 1.39 bits per heavy atom. The molecule has 1 aromatic heterocycles. The van der Waals surface area contributed by atoms with Gasteiger partial charge in [-0.25, -0.2) is 4.98 Å². The van der Waals surface area contributed by atoms with Crippen LogP contribution in [0.5, 0.6) is 0 Å². The van der Waals surface area contributed by atoms with Crippen molar-refractivity contribution in [2.24, 2.45) is 5.41 Å². The third-order valence-corrected chi connectivity index (χ3v) is 5.77. The molecule has 2 heterocycles. The van der Waals surface area contributed by atoms with Gasteiger partial charge in [0.05, 0.1) is 4.88 Å². The van der Waals surface area contributed by atoms with E-state index in [-0.39, 0.29) is 0 Å². The molecule has 0 spiro atoms. The topological polar surface area (TPSA) is 33.1 Å². The Kier molecular flexibility index (Phi) is 3.44. The van der Waals surface area contributed by atoms with E-state index in [1.807, 2.05) is 13.8 Å². The van der Waals surface area contributed by atoms with Crippen LogP contribution in [0.4, 0.5) is 13.2 Å². The van der Waals surface area contributed by atoms with Crippen LogP contribution in [0.25, 0.3) is 0 Å². The van der Waals surface area contributed by atoms with Crippen molar-refractivity contribution in [1.29, 1.82) is 0 Å². The van der Waals surface area contributed by atoms with E-state index in [0.29, 0.717) is 22.0 Å². The second-order valence-corrected chi connectivity index (χ2v) is 7.21. The van der Waals surface area contributed by atoms with Crippen LogP contribution in [0.15, 0.2) is 6.20 Å². The fourth-order valence-corrected chi connectivity index (χ4v) is 4.73. The molecule has 0 saturated carbocycles. The summed E-state index contributed by atoms with van der Waals surface area (Å²) in [5, 5.41) is 9.84. The molecule has 102 valence electrons. The van der Waals surface area contributed by atoms with Crippen molar-refractivity contribution in [3.8, 4) is 0 Å². The molecule has 1 unspecified atom stereocenters. The van der Waals surface area contributed by atoms with Crippen LogP contribution in [0.1, 0.15) is 30.2 Å². The number of halogens is 3. The van der Waals surface area contributed by atoms with Crippen LogP contribution in [0.3, 0.4) is 0 Å². The summed E-state index contributed by atoms with van der Waals surface area (Å²) in [6.45, 7) is 3.78. The van der Waals surface area contributed by atoms with E-state index in [9.17, 15) is 18.3 Å². The van der Waals surface area contributed by atoms with Gasteiger partial charge in [-0.15, -0.1) is 11.3 Å². The summed E-state index contributed by atoms with van der Waals surface area (Å²) in [4.78, 5) is 3.71. The maximum absolute atomic E-state index is 12.5. The standard InChI is InChI=1S/C11H14F3NOS2/c1-9(2)3-4-17-6-10(9,16)7-5-15-8(18-7)11(12,13)14/h5,16H,3-4,6H2,1-2H3. The van der Waals surface area contributed by atoms with Crippen molar-refractivity contribution >= 4 is 23.1 Å². The molecule has 0 amide bonds. The van der Waals surface area contributed by atoms with Gasteiger partial charge in [-0.05, 0) is 12.2 Å². The van der Waals surface area contributed by atoms with Gasteiger partial charge in [0.25, 0.3) is 0 Å². The first-order valence-corrected chi connectivity index (χ1v) is 7.47. The lowest BCUT2D eigenvalue weighted by molar-refractivity contribution is -0.137. The third-order valence-electron chi connectivity index (χ3n) is 3.46. The summed E-state index contributed by atoms with van der Waals surface area (Å²) in [6.07, 6.45) is -2.50. The minimum absolute atomic E-state index is 0.312. The van der Waals surface area contributed by atoms with Gasteiger partial charge in [0.1, 0.15) is 5.60 Å². The first-order valence-electron chi connectivity index (χ1n) is 5.50. The summed E-state index contributed by atoms with van der Waals surface area (Å²) in [5.74, 6) is 1.33. The molecule has 0 aromatic carbocycles. The smallest absolute Gasteiger partial charge is 0.383 e. The second kappa shape index (κ2) is 4.38. The molecule has 1 atom stereocenters. The number of hydrogen-bond donors (Lipinski definition) is 1. The number of thiazole rings is 1. The molecule has 2 nitrogen and oxygen atoms in total. The summed E-state index contributed by atoms with van der Waals surface area (Å²) < 4.78 is 37.6. The van der Waals surface area contributed by atoms with Gasteiger partial charge in [0.2, 0.25) is 0 Å². The first kappa shape index (κ1) is 14.1. The van der Waals surface area contributed by atoms with Crippen molar-refractivity contribution in [2.45, 2.75) is 32.0 Å². The van der Waals surface area contributed by atoms with Gasteiger partial charge in [0, 0.05) is 17.4 Å². The number of rotatable bonds is 1. The Labute approximate surface area is 112 Å². The fourth-order valence-electron chi connectivity index (χ4n) is 1.95. The molecule has 0 bridgehead atoms. The zero-order valence-electron chi connectivity index (χ0n) is 10.0. The van der Waals surface area contributed by atoms with Gasteiger partial charge in [-0.1, -0.05) is 13.8 Å². The van der Waals surface area contributed by atoms with Crippen LogP contribution < -0.4 is 0 Å². The van der Waals surface area contributed by atoms with Crippen LogP contribution >= 0.6 is 23.1 Å². The molecule has 0 radical (unpaired) electrons. The number of thioether (sulfide) groups is 1. The van der Waals surface area contributed by atoms with Crippen molar-refractivity contribution in [1.82, 2.24) is 4.98 Å². The van der Waals surface area contributed by atoms with E-state index in [1.165, 1.54) is 6.20 Å². The molecule has 1 aromatic rings. The predicted octanol–water partition coefficient (Wildman–Crippen LogP) is 3.51. The van der Waals surface area contributed by atoms with Gasteiger partial charge >= 0.3 is 6.18 Å². The molecule has 1 fully saturated rings. The summed E-state index contributed by atoms with van der Waals surface area (Å²) >= 11 is 2.11. The van der Waals surface area contributed by atoms with Gasteiger partial charge in [0.15, 0.2) is 5.01 Å². The minimum Gasteiger partial charge on any atom is -0.383 e. The van der Waals surface area contributed by atoms with E-state index >= 15 is 0 Å². The van der Waals surface area contributed by atoms with E-state index in [1.54, 1.807) is 11.8 Å². The fraction of sp³-hybridized carbons (Fsp3) is 0.727. The Morgan fingerprint density at radius 2 is 2.06 bits per heavy atom. The molecular weight excluding hydrogens is 283 g/mol. The minimum atomic E-state index is -4.44. The molecule has 1 aliphatic rings. The maximum Gasteiger partial charge on any atom is 0.443 e. The normalized spacial score (nSPS) is 28.3. The molecular formula is C11H14F3NOS2. The van der Waals surface area contributed by atoms with E-state index in [2.05, 4.69) is 4.98 Å². The van der Waals surface area contributed by atoms with E-state index in [4.69, 9.17) is 0 Å². The second-order valence-electron chi connectivity index (χ2n) is 5.07. The maximum atomic E-state index is 12.5. The zero-order valence-corrected chi connectivity index (χ0v) is 11.7. The Bertz CT molecular complexity index is 444. The van der Waals surface area contributed by atoms with Crippen molar-refractivity contribution < 1.29 is 18.3 Å². The Morgan fingerprint density at radius 3 is 2.56 bits per heavy atom. The molecule has 1 N–H and O–H groups in total. The SMILES string of the molecule is CC1(C)CCSCC1(O)c1cnc(C(F)(F)F)s1. The summed E-state index contributed by atoms with van der Waals surface area (Å²) in [5.41, 5.74) is -1.66. The monoisotopic (exact) mass is 297 g/mol. The van der Waals surface area contributed by atoms with Gasteiger partial charge in [-0.2, -0.15) is 24.9 Å². The summed E-state index contributed by atoms with van der Waals surface area (Å²) in [6, 6.07) is 0. The number of aliphatic hydroxyl groups is 1. The largest absolute Gasteiger partial charge is 0.443 e. The lowest BCUT2D eigenvalue weighted by Crippen LogP contribution is -2.46. The van der Waals surface area contributed by atoms with Crippen LogP contribution in [-0.2, 0) is 11.8 Å². The van der Waals surface area contributed by atoms with Crippen LogP contribution in [-0.4, -0.2) is 21.6 Å². The average Bonchev–Trinajstić information content (AvgIpc) is 2.71. The number of hydrogen-bond acceptors (Lipinski definition) is 4. The zero-order chi connectivity index (χ0) is 13.6. The first-order chi connectivity index (χ1) is 8.17. The van der Waals surface area contributed by atoms with Crippen molar-refractivity contribution in [2.75, 3.05) is 11.5 Å². The third kappa shape index (κ3) is 2.28. The van der Waals surface area contributed by atoms with E-state index < -0.39 is 22.2 Å². The highest BCUT2D eigenvalue weighted by atomic mass is 32.2. The lowest BCUT2D eigenvalue weighted by atomic mass is 9.73. The number of nitrogens with zero attached hydrogens (tertiary/aromatic N) is 1. The van der Waals surface area contributed by atoms with Crippen molar-refractivity contribution in [3.05, 3.63) is 16.1 Å². The predicted molar refractivity (Wildman–Crippen MR) is 66.7 cm³/mol.